The predicted octanol–water partition coefficient (Wildman–Crippen LogP) is 5.01. The van der Waals surface area contributed by atoms with Gasteiger partial charge < -0.3 is 38.6 Å². The van der Waals surface area contributed by atoms with E-state index in [4.69, 9.17) is 25.8 Å². The first-order valence-electron chi connectivity index (χ1n) is 13.9. The third kappa shape index (κ3) is 5.53. The molecule has 2 aliphatic heterocycles. The van der Waals surface area contributed by atoms with Crippen molar-refractivity contribution in [2.75, 3.05) is 74.3 Å². The van der Waals surface area contributed by atoms with Crippen LogP contribution in [0.1, 0.15) is 0 Å². The summed E-state index contributed by atoms with van der Waals surface area (Å²) < 4.78 is 33.1. The van der Waals surface area contributed by atoms with E-state index in [-0.39, 0.29) is 21.6 Å². The molecule has 10 nitrogen and oxygen atoms in total. The molecule has 12 heteroatoms. The van der Waals surface area contributed by atoms with E-state index in [1.54, 1.807) is 11.7 Å². The van der Waals surface area contributed by atoms with Crippen LogP contribution in [0.2, 0.25) is 5.02 Å². The van der Waals surface area contributed by atoms with E-state index >= 15 is 4.39 Å². The molecule has 2 saturated heterocycles. The molecule has 0 atom stereocenters. The average molecular weight is 609 g/mol. The normalized spacial score (nSPS) is 15.6. The zero-order valence-corrected chi connectivity index (χ0v) is 24.2. The zero-order chi connectivity index (χ0) is 30.1. The number of hydrogen-bond donors (Lipinski definition) is 1. The van der Waals surface area contributed by atoms with Crippen molar-refractivity contribution in [2.24, 2.45) is 0 Å². The van der Waals surface area contributed by atoms with E-state index in [2.05, 4.69) is 9.80 Å². The molecular formula is C31H30ClFN4O6. The Labute approximate surface area is 252 Å². The molecule has 0 unspecified atom stereocenters. The number of anilines is 3. The van der Waals surface area contributed by atoms with Gasteiger partial charge >= 0.3 is 6.16 Å². The molecule has 0 bridgehead atoms. The number of pyridine rings is 1. The minimum absolute atomic E-state index is 0.0589. The fraction of sp³-hybridized carbons (Fsp3) is 0.290. The molecular weight excluding hydrogens is 579 g/mol. The highest BCUT2D eigenvalue weighted by Gasteiger charge is 2.27. The van der Waals surface area contributed by atoms with Crippen molar-refractivity contribution in [3.63, 3.8) is 0 Å². The molecule has 0 saturated carbocycles. The van der Waals surface area contributed by atoms with Crippen LogP contribution in [0.3, 0.4) is 0 Å². The second-order valence-electron chi connectivity index (χ2n) is 10.2. The summed E-state index contributed by atoms with van der Waals surface area (Å²) in [5.74, 6) is -0.355. The van der Waals surface area contributed by atoms with Crippen LogP contribution in [0.5, 0.6) is 11.5 Å². The smallest absolute Gasteiger partial charge is 0.497 e. The van der Waals surface area contributed by atoms with Crippen molar-refractivity contribution < 1.29 is 28.5 Å². The Kier molecular flexibility index (Phi) is 8.00. The van der Waals surface area contributed by atoms with E-state index in [0.717, 1.165) is 23.2 Å². The lowest BCUT2D eigenvalue weighted by molar-refractivity contribution is 0.122. The molecule has 0 radical (unpaired) electrons. The van der Waals surface area contributed by atoms with E-state index in [0.29, 0.717) is 58.2 Å². The van der Waals surface area contributed by atoms with Crippen molar-refractivity contribution in [1.82, 2.24) is 4.57 Å². The highest BCUT2D eigenvalue weighted by atomic mass is 35.5. The minimum Gasteiger partial charge on any atom is -0.497 e. The number of aromatic nitrogens is 1. The summed E-state index contributed by atoms with van der Waals surface area (Å²) >= 11 is 7.03. The summed E-state index contributed by atoms with van der Waals surface area (Å²) in [5.41, 5.74) is 2.17. The maximum absolute atomic E-state index is 15.9. The molecule has 3 aromatic carbocycles. The molecule has 2 aliphatic rings. The third-order valence-corrected chi connectivity index (χ3v) is 8.21. The van der Waals surface area contributed by atoms with Gasteiger partial charge in [0.2, 0.25) is 5.43 Å². The van der Waals surface area contributed by atoms with Gasteiger partial charge in [0.05, 0.1) is 59.5 Å². The Bertz CT molecular complexity index is 1720. The molecule has 6 rings (SSSR count). The van der Waals surface area contributed by atoms with Crippen LogP contribution in [0.15, 0.2) is 65.6 Å². The van der Waals surface area contributed by atoms with E-state index in [1.807, 2.05) is 53.4 Å². The Morgan fingerprint density at radius 3 is 2.23 bits per heavy atom. The van der Waals surface area contributed by atoms with Crippen molar-refractivity contribution >= 4 is 45.7 Å². The molecule has 2 fully saturated rings. The van der Waals surface area contributed by atoms with Crippen LogP contribution >= 0.6 is 11.6 Å². The number of methoxy groups -OCH3 is 1. The monoisotopic (exact) mass is 608 g/mol. The molecule has 4 aromatic rings. The van der Waals surface area contributed by atoms with Gasteiger partial charge in [-0.25, -0.2) is 9.18 Å². The van der Waals surface area contributed by atoms with Gasteiger partial charge in [-0.05, 0) is 42.5 Å². The number of carboxylic acid groups (broad SMARTS) is 1. The number of fused-ring (bicyclic) bond motifs is 1. The Hall–Kier alpha value is -4.48. The van der Waals surface area contributed by atoms with Crippen molar-refractivity contribution in [3.8, 4) is 17.2 Å². The lowest BCUT2D eigenvalue weighted by Crippen LogP contribution is -2.47. The van der Waals surface area contributed by atoms with Crippen molar-refractivity contribution in [2.45, 2.75) is 0 Å². The largest absolute Gasteiger partial charge is 0.511 e. The van der Waals surface area contributed by atoms with Gasteiger partial charge in [-0.1, -0.05) is 23.7 Å². The number of nitrogens with zero attached hydrogens (tertiary/aromatic N) is 4. The summed E-state index contributed by atoms with van der Waals surface area (Å²) in [5, 5.41) is 9.30. The number of ether oxygens (including phenoxy) is 3. The Morgan fingerprint density at radius 1 is 0.930 bits per heavy atom. The summed E-state index contributed by atoms with van der Waals surface area (Å²) in [6.45, 7) is 4.60. The SMILES string of the molecule is COc1ccc(N2CCN(c3c(F)cc4c(=O)c(OC(=O)O)cn(-c5ccccc5N5CCOCC5)c4c3Cl)CC2)cc1. The second kappa shape index (κ2) is 12.0. The van der Waals surface area contributed by atoms with Crippen LogP contribution in [0, 0.1) is 5.82 Å². The van der Waals surface area contributed by atoms with Crippen molar-refractivity contribution in [3.05, 3.63) is 81.9 Å². The molecule has 0 aliphatic carbocycles. The lowest BCUT2D eigenvalue weighted by atomic mass is 10.1. The summed E-state index contributed by atoms with van der Waals surface area (Å²) in [4.78, 5) is 31.1. The number of hydrogen-bond acceptors (Lipinski definition) is 8. The summed E-state index contributed by atoms with van der Waals surface area (Å²) in [6, 6.07) is 16.4. The Morgan fingerprint density at radius 2 is 1.58 bits per heavy atom. The fourth-order valence-electron chi connectivity index (χ4n) is 5.75. The number of benzene rings is 3. The number of piperazine rings is 1. The van der Waals surface area contributed by atoms with Gasteiger partial charge in [0.25, 0.3) is 0 Å². The highest BCUT2D eigenvalue weighted by Crippen LogP contribution is 2.39. The maximum atomic E-state index is 15.9. The van der Waals surface area contributed by atoms with Crippen LogP contribution in [-0.2, 0) is 4.74 Å². The Balaban J connectivity index is 1.45. The first-order chi connectivity index (χ1) is 20.9. The molecule has 224 valence electrons. The molecule has 43 heavy (non-hydrogen) atoms. The zero-order valence-electron chi connectivity index (χ0n) is 23.5. The van der Waals surface area contributed by atoms with Crippen LogP contribution in [0.4, 0.5) is 26.2 Å². The second-order valence-corrected chi connectivity index (χ2v) is 10.6. The summed E-state index contributed by atoms with van der Waals surface area (Å²) in [6.07, 6.45) is -0.338. The molecule has 0 amide bonds. The van der Waals surface area contributed by atoms with Crippen LogP contribution in [0.25, 0.3) is 16.6 Å². The molecule has 1 N–H and O–H groups in total. The van der Waals surface area contributed by atoms with Gasteiger partial charge in [0.15, 0.2) is 5.75 Å². The number of halogens is 2. The first-order valence-corrected chi connectivity index (χ1v) is 14.3. The van der Waals surface area contributed by atoms with Crippen LogP contribution in [-0.4, -0.2) is 75.4 Å². The van der Waals surface area contributed by atoms with E-state index in [9.17, 15) is 14.7 Å². The molecule has 0 spiro atoms. The number of carbonyl (C=O) groups is 1. The van der Waals surface area contributed by atoms with E-state index < -0.39 is 23.2 Å². The maximum Gasteiger partial charge on any atom is 0.511 e. The molecule has 3 heterocycles. The van der Waals surface area contributed by atoms with Gasteiger partial charge in [-0.3, -0.25) is 4.79 Å². The standard InChI is InChI=1S/C31H30ClFN4O6/c1-41-21-8-6-20(7-9-21)34-10-12-36(13-11-34)29-23(33)18-22-28(27(29)32)37(19-26(30(22)38)43-31(39)40)25-5-3-2-4-24(25)35-14-16-42-17-15-35/h2-9,18-19H,10-17H2,1H3,(H,39,40). The van der Waals surface area contributed by atoms with Gasteiger partial charge in [0.1, 0.15) is 11.6 Å². The topological polar surface area (TPSA) is 96.7 Å². The van der Waals surface area contributed by atoms with Gasteiger partial charge in [-0.2, -0.15) is 0 Å². The van der Waals surface area contributed by atoms with E-state index in [1.165, 1.54) is 6.20 Å². The number of rotatable bonds is 6. The number of morpholine rings is 1. The quantitative estimate of drug-likeness (QED) is 0.303. The average Bonchev–Trinajstić information content (AvgIpc) is 3.03. The molecule has 1 aromatic heterocycles. The first kappa shape index (κ1) is 28.6. The van der Waals surface area contributed by atoms with Gasteiger partial charge in [0, 0.05) is 45.0 Å². The fourth-order valence-corrected chi connectivity index (χ4v) is 6.15. The summed E-state index contributed by atoms with van der Waals surface area (Å²) in [7, 11) is 1.62. The van der Waals surface area contributed by atoms with Crippen LogP contribution < -0.4 is 29.6 Å². The highest BCUT2D eigenvalue weighted by molar-refractivity contribution is 6.38. The number of para-hydroxylation sites is 2. The third-order valence-electron chi connectivity index (χ3n) is 7.85. The lowest BCUT2D eigenvalue weighted by Gasteiger charge is -2.38. The van der Waals surface area contributed by atoms with Gasteiger partial charge in [-0.15, -0.1) is 0 Å². The van der Waals surface area contributed by atoms with Crippen molar-refractivity contribution in [1.29, 1.82) is 0 Å². The predicted molar refractivity (Wildman–Crippen MR) is 164 cm³/mol. The minimum atomic E-state index is -1.65.